The summed E-state index contributed by atoms with van der Waals surface area (Å²) in [6, 6.07) is 4.72. The Kier molecular flexibility index (Phi) is 3.10. The van der Waals surface area contributed by atoms with Crippen LogP contribution in [0, 0.1) is 5.82 Å². The molecule has 0 aliphatic carbocycles. The first kappa shape index (κ1) is 12.3. The number of fused-ring (bicyclic) bond motifs is 3. The third kappa shape index (κ3) is 1.96. The molecule has 19 heavy (non-hydrogen) atoms. The Morgan fingerprint density at radius 3 is 2.84 bits per heavy atom. The molecule has 3 aromatic rings. The van der Waals surface area contributed by atoms with E-state index < -0.39 is 0 Å². The minimum Gasteiger partial charge on any atom is -0.324 e. The van der Waals surface area contributed by atoms with E-state index in [1.807, 2.05) is 18.4 Å². The van der Waals surface area contributed by atoms with Crippen LogP contribution in [-0.2, 0) is 6.54 Å². The van der Waals surface area contributed by atoms with Gasteiger partial charge in [-0.25, -0.2) is 9.37 Å². The van der Waals surface area contributed by atoms with E-state index in [2.05, 4.69) is 15.2 Å². The van der Waals surface area contributed by atoms with E-state index in [9.17, 15) is 4.39 Å². The van der Waals surface area contributed by atoms with Gasteiger partial charge in [0.25, 0.3) is 0 Å². The van der Waals surface area contributed by atoms with E-state index in [0.717, 1.165) is 28.8 Å². The van der Waals surface area contributed by atoms with Crippen LogP contribution in [-0.4, -0.2) is 25.5 Å². The van der Waals surface area contributed by atoms with E-state index >= 15 is 0 Å². The van der Waals surface area contributed by atoms with Gasteiger partial charge in [-0.2, -0.15) is 0 Å². The molecule has 0 atom stereocenters. The first-order valence-corrected chi connectivity index (χ1v) is 7.18. The fourth-order valence-electron chi connectivity index (χ4n) is 2.22. The summed E-state index contributed by atoms with van der Waals surface area (Å²) in [7, 11) is 0. The molecule has 6 heteroatoms. The zero-order valence-electron chi connectivity index (χ0n) is 10.7. The largest absolute Gasteiger partial charge is 0.324 e. The number of benzene rings is 1. The summed E-state index contributed by atoms with van der Waals surface area (Å²) in [4.78, 5) is 4.53. The summed E-state index contributed by atoms with van der Waals surface area (Å²) in [5.74, 6) is 0.630. The Balaban J connectivity index is 2.37. The fourth-order valence-corrected chi connectivity index (χ4v) is 2.73. The molecular weight excluding hydrogens is 263 g/mol. The highest BCUT2D eigenvalue weighted by molar-refractivity contribution is 7.99. The van der Waals surface area contributed by atoms with Crippen molar-refractivity contribution >= 4 is 33.8 Å². The molecule has 0 aliphatic heterocycles. The number of hydrogen-bond donors (Lipinski definition) is 0. The summed E-state index contributed by atoms with van der Waals surface area (Å²) in [5.41, 5.74) is 2.38. The summed E-state index contributed by atoms with van der Waals surface area (Å²) < 4.78 is 15.4. The van der Waals surface area contributed by atoms with Gasteiger partial charge in [-0.15, -0.1) is 10.2 Å². The van der Waals surface area contributed by atoms with Crippen molar-refractivity contribution in [2.75, 3.05) is 5.75 Å². The summed E-state index contributed by atoms with van der Waals surface area (Å²) >= 11 is 1.55. The van der Waals surface area contributed by atoms with Crippen molar-refractivity contribution in [3.63, 3.8) is 0 Å². The molecule has 0 N–H and O–H groups in total. The van der Waals surface area contributed by atoms with Crippen molar-refractivity contribution < 1.29 is 4.39 Å². The maximum absolute atomic E-state index is 13.4. The van der Waals surface area contributed by atoms with E-state index in [4.69, 9.17) is 0 Å². The second-order valence-corrected chi connectivity index (χ2v) is 5.34. The quantitative estimate of drug-likeness (QED) is 0.689. The Hall–Kier alpha value is -1.69. The first-order chi connectivity index (χ1) is 9.24. The van der Waals surface area contributed by atoms with Crippen molar-refractivity contribution in [3.05, 3.63) is 24.0 Å². The number of aromatic nitrogens is 4. The standard InChI is InChI=1S/C13H13FN4S/c1-3-18-10-6-5-8(14)7-9(10)11-12(18)15-13(17-16-11)19-4-2/h5-7H,3-4H2,1-2H3. The van der Waals surface area contributed by atoms with Crippen molar-refractivity contribution in [1.29, 1.82) is 0 Å². The highest BCUT2D eigenvalue weighted by Gasteiger charge is 2.14. The molecule has 4 nitrogen and oxygen atoms in total. The Bertz CT molecular complexity index is 753. The lowest BCUT2D eigenvalue weighted by atomic mass is 10.2. The second kappa shape index (κ2) is 4.77. The minimum absolute atomic E-state index is 0.267. The summed E-state index contributed by atoms with van der Waals surface area (Å²) in [6.07, 6.45) is 0. The van der Waals surface area contributed by atoms with Crippen LogP contribution >= 0.6 is 11.8 Å². The molecule has 0 bridgehead atoms. The van der Waals surface area contributed by atoms with Crippen LogP contribution in [0.1, 0.15) is 13.8 Å². The van der Waals surface area contributed by atoms with E-state index in [1.54, 1.807) is 17.8 Å². The Morgan fingerprint density at radius 1 is 1.26 bits per heavy atom. The van der Waals surface area contributed by atoms with Crippen LogP contribution in [0.3, 0.4) is 0 Å². The van der Waals surface area contributed by atoms with Crippen LogP contribution in [0.5, 0.6) is 0 Å². The molecule has 0 spiro atoms. The van der Waals surface area contributed by atoms with Crippen molar-refractivity contribution in [3.8, 4) is 0 Å². The van der Waals surface area contributed by atoms with Crippen LogP contribution < -0.4 is 0 Å². The molecular formula is C13H13FN4S. The molecule has 98 valence electrons. The van der Waals surface area contributed by atoms with E-state index in [0.29, 0.717) is 10.7 Å². The number of rotatable bonds is 3. The molecule has 0 saturated carbocycles. The molecule has 2 aromatic heterocycles. The van der Waals surface area contributed by atoms with Crippen molar-refractivity contribution in [2.45, 2.75) is 25.5 Å². The van der Waals surface area contributed by atoms with Crippen LogP contribution in [0.15, 0.2) is 23.4 Å². The molecule has 2 heterocycles. The molecule has 0 radical (unpaired) electrons. The number of hydrogen-bond acceptors (Lipinski definition) is 4. The van der Waals surface area contributed by atoms with Gasteiger partial charge < -0.3 is 4.57 Å². The molecule has 0 unspecified atom stereocenters. The van der Waals surface area contributed by atoms with Gasteiger partial charge in [0.1, 0.15) is 11.3 Å². The predicted octanol–water partition coefficient (Wildman–Crippen LogP) is 3.25. The number of nitrogens with zero attached hydrogens (tertiary/aromatic N) is 4. The first-order valence-electron chi connectivity index (χ1n) is 6.19. The third-order valence-electron chi connectivity index (χ3n) is 3.00. The average molecular weight is 276 g/mol. The van der Waals surface area contributed by atoms with Crippen molar-refractivity contribution in [1.82, 2.24) is 19.7 Å². The van der Waals surface area contributed by atoms with Gasteiger partial charge >= 0.3 is 0 Å². The lowest BCUT2D eigenvalue weighted by molar-refractivity contribution is 0.629. The summed E-state index contributed by atoms with van der Waals surface area (Å²) in [6.45, 7) is 4.85. The van der Waals surface area contributed by atoms with Gasteiger partial charge in [-0.3, -0.25) is 0 Å². The monoisotopic (exact) mass is 276 g/mol. The lowest BCUT2D eigenvalue weighted by Gasteiger charge is -2.02. The predicted molar refractivity (Wildman–Crippen MR) is 74.9 cm³/mol. The zero-order valence-corrected chi connectivity index (χ0v) is 11.5. The van der Waals surface area contributed by atoms with Crippen molar-refractivity contribution in [2.24, 2.45) is 0 Å². The van der Waals surface area contributed by atoms with Gasteiger partial charge in [-0.05, 0) is 30.9 Å². The highest BCUT2D eigenvalue weighted by Crippen LogP contribution is 2.27. The van der Waals surface area contributed by atoms with Gasteiger partial charge in [0, 0.05) is 11.9 Å². The molecule has 1 aromatic carbocycles. The molecule has 0 aliphatic rings. The van der Waals surface area contributed by atoms with Crippen LogP contribution in [0.4, 0.5) is 4.39 Å². The average Bonchev–Trinajstić information content (AvgIpc) is 2.71. The van der Waals surface area contributed by atoms with Crippen LogP contribution in [0.2, 0.25) is 0 Å². The van der Waals surface area contributed by atoms with Crippen LogP contribution in [0.25, 0.3) is 22.1 Å². The van der Waals surface area contributed by atoms with E-state index in [1.165, 1.54) is 12.1 Å². The smallest absolute Gasteiger partial charge is 0.211 e. The lowest BCUT2D eigenvalue weighted by Crippen LogP contribution is -1.98. The number of thioether (sulfide) groups is 1. The molecule has 3 rings (SSSR count). The van der Waals surface area contributed by atoms with Gasteiger partial charge in [0.05, 0.1) is 5.52 Å². The van der Waals surface area contributed by atoms with Gasteiger partial charge in [0.15, 0.2) is 5.65 Å². The molecule has 0 saturated heterocycles. The van der Waals surface area contributed by atoms with Gasteiger partial charge in [-0.1, -0.05) is 18.7 Å². The SMILES string of the molecule is CCSc1nnc2c3cc(F)ccc3n(CC)c2n1. The maximum atomic E-state index is 13.4. The topological polar surface area (TPSA) is 43.6 Å². The normalized spacial score (nSPS) is 11.5. The van der Waals surface area contributed by atoms with E-state index in [-0.39, 0.29) is 5.82 Å². The minimum atomic E-state index is -0.267. The fraction of sp³-hybridized carbons (Fsp3) is 0.308. The van der Waals surface area contributed by atoms with Gasteiger partial charge in [0.2, 0.25) is 5.16 Å². The molecule has 0 fully saturated rings. The summed E-state index contributed by atoms with van der Waals surface area (Å²) in [5, 5.41) is 9.74. The Morgan fingerprint density at radius 2 is 2.11 bits per heavy atom. The third-order valence-corrected chi connectivity index (χ3v) is 3.72. The number of halogens is 1. The second-order valence-electron chi connectivity index (χ2n) is 4.11. The number of aryl methyl sites for hydroxylation is 1. The zero-order chi connectivity index (χ0) is 13.4. The maximum Gasteiger partial charge on any atom is 0.211 e. The Labute approximate surface area is 114 Å². The molecule has 0 amide bonds. The highest BCUT2D eigenvalue weighted by atomic mass is 32.2.